The number of hydrogen-bond donors (Lipinski definition) is 0. The highest BCUT2D eigenvalue weighted by Gasteiger charge is 2.08. The highest BCUT2D eigenvalue weighted by Crippen LogP contribution is 2.19. The van der Waals surface area contributed by atoms with Crippen molar-refractivity contribution in [2.24, 2.45) is 0 Å². The summed E-state index contributed by atoms with van der Waals surface area (Å²) in [6.45, 7) is 2.29. The van der Waals surface area contributed by atoms with E-state index in [0.717, 1.165) is 23.1 Å². The van der Waals surface area contributed by atoms with Gasteiger partial charge in [0.05, 0.1) is 0 Å². The van der Waals surface area contributed by atoms with Crippen molar-refractivity contribution in [2.45, 2.75) is 13.5 Å². The van der Waals surface area contributed by atoms with Crippen LogP contribution in [0.2, 0.25) is 0 Å². The van der Waals surface area contributed by atoms with Gasteiger partial charge in [0.2, 0.25) is 0 Å². The largest absolute Gasteiger partial charge is 0.452 e. The van der Waals surface area contributed by atoms with E-state index in [4.69, 9.17) is 17.0 Å². The van der Waals surface area contributed by atoms with Crippen LogP contribution in [0.1, 0.15) is 12.5 Å². The van der Waals surface area contributed by atoms with Gasteiger partial charge in [-0.2, -0.15) is 0 Å². The van der Waals surface area contributed by atoms with E-state index in [0.29, 0.717) is 10.1 Å². The molecule has 0 bridgehead atoms. The predicted octanol–water partition coefficient (Wildman–Crippen LogP) is 4.09. The normalized spacial score (nSPS) is 9.81. The molecule has 0 amide bonds. The second-order valence-electron chi connectivity index (χ2n) is 2.81. The van der Waals surface area contributed by atoms with Gasteiger partial charge in [0.25, 0.3) is 0 Å². The second-order valence-corrected chi connectivity index (χ2v) is 6.21. The first-order valence-corrected chi connectivity index (χ1v) is 6.98. The summed E-state index contributed by atoms with van der Waals surface area (Å²) in [6, 6.07) is 9.57. The standard InChI is InChI=1S/C11H12O2S3/c1-2-15-11(14)16-10(12)13-8-9-6-4-3-5-7-9/h3-7H,2,8H2,1H3. The van der Waals surface area contributed by atoms with Crippen LogP contribution in [0.4, 0.5) is 4.79 Å². The van der Waals surface area contributed by atoms with Gasteiger partial charge in [-0.25, -0.2) is 4.79 Å². The van der Waals surface area contributed by atoms with Gasteiger partial charge in [-0.05, 0) is 11.3 Å². The number of thiocarbonyl (C=S) groups is 1. The summed E-state index contributed by atoms with van der Waals surface area (Å²) in [5.41, 5.74) is 0.977. The van der Waals surface area contributed by atoms with Crippen molar-refractivity contribution in [3.63, 3.8) is 0 Å². The average Bonchev–Trinajstić information content (AvgIpc) is 2.28. The molecule has 1 aromatic rings. The van der Waals surface area contributed by atoms with Crippen LogP contribution in [0.15, 0.2) is 30.3 Å². The van der Waals surface area contributed by atoms with Crippen molar-refractivity contribution in [2.75, 3.05) is 5.75 Å². The molecule has 1 aromatic carbocycles. The Kier molecular flexibility index (Phi) is 6.52. The second kappa shape index (κ2) is 7.70. The summed E-state index contributed by atoms with van der Waals surface area (Å²) in [7, 11) is 0. The van der Waals surface area contributed by atoms with E-state index >= 15 is 0 Å². The van der Waals surface area contributed by atoms with Gasteiger partial charge in [0, 0.05) is 11.8 Å². The van der Waals surface area contributed by atoms with Crippen molar-refractivity contribution < 1.29 is 9.53 Å². The fourth-order valence-electron chi connectivity index (χ4n) is 0.961. The molecular weight excluding hydrogens is 260 g/mol. The van der Waals surface area contributed by atoms with Crippen LogP contribution in [0.5, 0.6) is 0 Å². The molecule has 0 atom stereocenters. The Hall–Kier alpha value is -0.520. The molecular formula is C11H12O2S3. The average molecular weight is 272 g/mol. The summed E-state index contributed by atoms with van der Waals surface area (Å²) in [5, 5.41) is -0.338. The Balaban J connectivity index is 2.28. The molecule has 2 nitrogen and oxygen atoms in total. The van der Waals surface area contributed by atoms with Crippen LogP contribution in [0.3, 0.4) is 0 Å². The van der Waals surface area contributed by atoms with Gasteiger partial charge >= 0.3 is 5.30 Å². The zero-order valence-corrected chi connectivity index (χ0v) is 11.3. The Morgan fingerprint density at radius 2 is 2.06 bits per heavy atom. The SMILES string of the molecule is CCSC(=S)SC(=O)OCc1ccccc1. The van der Waals surface area contributed by atoms with Crippen molar-refractivity contribution in [1.82, 2.24) is 0 Å². The molecule has 0 aliphatic rings. The van der Waals surface area contributed by atoms with Crippen molar-refractivity contribution in [1.29, 1.82) is 0 Å². The topological polar surface area (TPSA) is 26.3 Å². The molecule has 0 saturated heterocycles. The smallest absolute Gasteiger partial charge is 0.373 e. The molecule has 0 heterocycles. The highest BCUT2D eigenvalue weighted by atomic mass is 32.2. The van der Waals surface area contributed by atoms with Crippen LogP contribution in [-0.4, -0.2) is 14.6 Å². The van der Waals surface area contributed by atoms with Crippen molar-refractivity contribution >= 4 is 44.6 Å². The summed E-state index contributed by atoms with van der Waals surface area (Å²) in [6.07, 6.45) is 0. The molecule has 0 N–H and O–H groups in total. The maximum atomic E-state index is 11.3. The van der Waals surface area contributed by atoms with Crippen LogP contribution >= 0.6 is 35.7 Å². The number of hydrogen-bond acceptors (Lipinski definition) is 5. The monoisotopic (exact) mass is 272 g/mol. The molecule has 0 saturated carbocycles. The zero-order valence-electron chi connectivity index (χ0n) is 8.84. The Morgan fingerprint density at radius 1 is 1.38 bits per heavy atom. The molecule has 86 valence electrons. The predicted molar refractivity (Wildman–Crippen MR) is 74.9 cm³/mol. The molecule has 0 aromatic heterocycles. The third kappa shape index (κ3) is 5.53. The Bertz CT molecular complexity index is 352. The number of carbonyl (C=O) groups excluding carboxylic acids is 1. The molecule has 0 radical (unpaired) electrons. The van der Waals surface area contributed by atoms with E-state index in [1.54, 1.807) is 0 Å². The fraction of sp³-hybridized carbons (Fsp3) is 0.273. The first-order chi connectivity index (χ1) is 7.72. The molecule has 1 rings (SSSR count). The van der Waals surface area contributed by atoms with Crippen molar-refractivity contribution in [3.05, 3.63) is 35.9 Å². The number of benzene rings is 1. The van der Waals surface area contributed by atoms with Gasteiger partial charge < -0.3 is 4.74 Å². The van der Waals surface area contributed by atoms with Crippen molar-refractivity contribution in [3.8, 4) is 0 Å². The molecule has 0 aliphatic carbocycles. The highest BCUT2D eigenvalue weighted by molar-refractivity contribution is 8.51. The lowest BCUT2D eigenvalue weighted by Gasteiger charge is -2.04. The quantitative estimate of drug-likeness (QED) is 0.610. The van der Waals surface area contributed by atoms with Gasteiger partial charge in [-0.1, -0.05) is 49.5 Å². The summed E-state index contributed by atoms with van der Waals surface area (Å²) < 4.78 is 5.68. The fourth-order valence-corrected chi connectivity index (χ4v) is 2.80. The van der Waals surface area contributed by atoms with Crippen LogP contribution in [-0.2, 0) is 11.3 Å². The van der Waals surface area contributed by atoms with Gasteiger partial charge in [0.1, 0.15) is 10.1 Å². The number of carbonyl (C=O) groups is 1. The minimum atomic E-state index is -0.338. The first-order valence-electron chi connectivity index (χ1n) is 4.77. The molecule has 0 spiro atoms. The summed E-state index contributed by atoms with van der Waals surface area (Å²) in [4.78, 5) is 11.3. The lowest BCUT2D eigenvalue weighted by atomic mass is 10.2. The molecule has 5 heteroatoms. The first kappa shape index (κ1) is 13.5. The Labute approximate surface area is 109 Å². The van der Waals surface area contributed by atoms with E-state index in [-0.39, 0.29) is 5.30 Å². The third-order valence-corrected chi connectivity index (χ3v) is 3.81. The van der Waals surface area contributed by atoms with E-state index < -0.39 is 0 Å². The van der Waals surface area contributed by atoms with Gasteiger partial charge in [0.15, 0.2) is 0 Å². The van der Waals surface area contributed by atoms with E-state index in [9.17, 15) is 4.79 Å². The lowest BCUT2D eigenvalue weighted by Crippen LogP contribution is -2.00. The van der Waals surface area contributed by atoms with Crippen LogP contribution in [0.25, 0.3) is 0 Å². The minimum absolute atomic E-state index is 0.298. The van der Waals surface area contributed by atoms with Gasteiger partial charge in [-0.3, -0.25) is 0 Å². The molecule has 0 aliphatic heterocycles. The van der Waals surface area contributed by atoms with Crippen LogP contribution < -0.4 is 0 Å². The number of thioether (sulfide) groups is 2. The Morgan fingerprint density at radius 3 is 2.69 bits per heavy atom. The lowest BCUT2D eigenvalue weighted by molar-refractivity contribution is 0.169. The molecule has 0 unspecified atom stereocenters. The zero-order chi connectivity index (χ0) is 11.8. The van der Waals surface area contributed by atoms with Crippen LogP contribution in [0, 0.1) is 0 Å². The molecule has 0 fully saturated rings. The van der Waals surface area contributed by atoms with E-state index in [1.807, 2.05) is 37.3 Å². The third-order valence-electron chi connectivity index (χ3n) is 1.63. The summed E-state index contributed by atoms with van der Waals surface area (Å²) in [5.74, 6) is 0.873. The van der Waals surface area contributed by atoms with Gasteiger partial charge in [-0.15, -0.1) is 11.8 Å². The van der Waals surface area contributed by atoms with E-state index in [2.05, 4.69) is 0 Å². The number of rotatable bonds is 3. The van der Waals surface area contributed by atoms with E-state index in [1.165, 1.54) is 11.8 Å². The minimum Gasteiger partial charge on any atom is -0.452 e. The number of ether oxygens (including phenoxy) is 1. The summed E-state index contributed by atoms with van der Waals surface area (Å²) >= 11 is 7.44. The molecule has 16 heavy (non-hydrogen) atoms. The maximum Gasteiger partial charge on any atom is 0.373 e. The maximum absolute atomic E-state index is 11.3.